The Morgan fingerprint density at radius 2 is 1.95 bits per heavy atom. The molecule has 1 aromatic heterocycles. The number of fused-ring (bicyclic) bond motifs is 1. The van der Waals surface area contributed by atoms with Crippen LogP contribution in [0.5, 0.6) is 0 Å². The number of hydrogen-bond donors (Lipinski definition) is 1. The van der Waals surface area contributed by atoms with Gasteiger partial charge in [0.05, 0.1) is 10.6 Å². The number of carbonyl (C=O) groups excluding carboxylic acids is 1. The topological polar surface area (TPSA) is 46.3 Å². The van der Waals surface area contributed by atoms with Crippen molar-refractivity contribution in [3.05, 3.63) is 16.0 Å². The molecule has 1 amide bonds. The summed E-state index contributed by atoms with van der Waals surface area (Å²) < 4.78 is 0. The van der Waals surface area contributed by atoms with Crippen LogP contribution in [0.15, 0.2) is 0 Å². The molecule has 0 bridgehead atoms. The van der Waals surface area contributed by atoms with Crippen molar-refractivity contribution in [2.75, 3.05) is 19.8 Å². The molecular formula is C15H22N2OS. The van der Waals surface area contributed by atoms with Gasteiger partial charge in [-0.3, -0.25) is 4.79 Å². The Morgan fingerprint density at radius 1 is 1.26 bits per heavy atom. The molecule has 19 heavy (non-hydrogen) atoms. The molecule has 1 fully saturated rings. The van der Waals surface area contributed by atoms with Crippen LogP contribution in [-0.2, 0) is 12.8 Å². The van der Waals surface area contributed by atoms with Crippen molar-refractivity contribution >= 4 is 22.2 Å². The third kappa shape index (κ3) is 2.06. The molecule has 3 nitrogen and oxygen atoms in total. The van der Waals surface area contributed by atoms with Crippen molar-refractivity contribution in [1.82, 2.24) is 4.90 Å². The van der Waals surface area contributed by atoms with Crippen LogP contribution in [0.3, 0.4) is 0 Å². The third-order valence-electron chi connectivity index (χ3n) is 4.84. The number of nitrogen functional groups attached to an aromatic ring is 1. The van der Waals surface area contributed by atoms with Crippen LogP contribution in [0.2, 0.25) is 0 Å². The van der Waals surface area contributed by atoms with E-state index in [2.05, 4.69) is 0 Å². The average molecular weight is 278 g/mol. The fourth-order valence-corrected chi connectivity index (χ4v) is 5.05. The molecule has 1 heterocycles. The Labute approximate surface area is 118 Å². The summed E-state index contributed by atoms with van der Waals surface area (Å²) in [5, 5.41) is 0.721. The Hall–Kier alpha value is -1.03. The smallest absolute Gasteiger partial charge is 0.256 e. The molecule has 0 atom stereocenters. The van der Waals surface area contributed by atoms with E-state index in [1.807, 2.05) is 0 Å². The van der Waals surface area contributed by atoms with E-state index < -0.39 is 0 Å². The summed E-state index contributed by atoms with van der Waals surface area (Å²) in [5.41, 5.74) is 8.69. The summed E-state index contributed by atoms with van der Waals surface area (Å²) in [6.07, 6.45) is 8.90. The molecule has 0 aromatic carbocycles. The van der Waals surface area contributed by atoms with Crippen molar-refractivity contribution in [2.45, 2.75) is 44.9 Å². The summed E-state index contributed by atoms with van der Waals surface area (Å²) in [7, 11) is 3.60. The first kappa shape index (κ1) is 13.0. The number of hydrogen-bond acceptors (Lipinski definition) is 3. The van der Waals surface area contributed by atoms with Gasteiger partial charge in [0.1, 0.15) is 0 Å². The highest BCUT2D eigenvalue weighted by atomic mass is 32.1. The lowest BCUT2D eigenvalue weighted by atomic mass is 9.72. The van der Waals surface area contributed by atoms with Crippen LogP contribution < -0.4 is 5.73 Å². The zero-order valence-corrected chi connectivity index (χ0v) is 12.6. The van der Waals surface area contributed by atoms with Gasteiger partial charge in [-0.1, -0.05) is 12.8 Å². The molecule has 1 spiro atoms. The minimum absolute atomic E-state index is 0.0670. The lowest BCUT2D eigenvalue weighted by Crippen LogP contribution is -2.27. The predicted octanol–water partition coefficient (Wildman–Crippen LogP) is 3.08. The second-order valence-corrected chi connectivity index (χ2v) is 7.46. The molecular weight excluding hydrogens is 256 g/mol. The maximum Gasteiger partial charge on any atom is 0.256 e. The summed E-state index contributed by atoms with van der Waals surface area (Å²) in [6, 6.07) is 0. The van der Waals surface area contributed by atoms with Gasteiger partial charge < -0.3 is 10.6 Å². The van der Waals surface area contributed by atoms with Gasteiger partial charge in [0.15, 0.2) is 0 Å². The fraction of sp³-hybridized carbons (Fsp3) is 0.667. The second kappa shape index (κ2) is 4.51. The monoisotopic (exact) mass is 278 g/mol. The Bertz CT molecular complexity index is 512. The SMILES string of the molecule is CN(C)C(=O)c1c(N)sc2c1CCC1(CCCC1)C2. The van der Waals surface area contributed by atoms with Gasteiger partial charge in [-0.2, -0.15) is 0 Å². The van der Waals surface area contributed by atoms with E-state index in [1.54, 1.807) is 30.3 Å². The van der Waals surface area contributed by atoms with Crippen molar-refractivity contribution in [3.8, 4) is 0 Å². The van der Waals surface area contributed by atoms with E-state index in [-0.39, 0.29) is 5.91 Å². The number of rotatable bonds is 1. The lowest BCUT2D eigenvalue weighted by molar-refractivity contribution is 0.0827. The number of carbonyl (C=O) groups is 1. The van der Waals surface area contributed by atoms with Gasteiger partial charge in [-0.05, 0) is 43.1 Å². The minimum atomic E-state index is 0.0670. The fourth-order valence-electron chi connectivity index (χ4n) is 3.77. The van der Waals surface area contributed by atoms with Gasteiger partial charge in [-0.25, -0.2) is 0 Å². The number of thiophene rings is 1. The van der Waals surface area contributed by atoms with Gasteiger partial charge >= 0.3 is 0 Å². The molecule has 2 aliphatic rings. The van der Waals surface area contributed by atoms with Crippen molar-refractivity contribution in [3.63, 3.8) is 0 Å². The van der Waals surface area contributed by atoms with Gasteiger partial charge in [0.25, 0.3) is 5.91 Å². The highest BCUT2D eigenvalue weighted by Crippen LogP contribution is 2.51. The maximum atomic E-state index is 12.3. The van der Waals surface area contributed by atoms with E-state index in [0.29, 0.717) is 5.41 Å². The summed E-state index contributed by atoms with van der Waals surface area (Å²) in [6.45, 7) is 0. The van der Waals surface area contributed by atoms with E-state index in [4.69, 9.17) is 5.73 Å². The molecule has 0 radical (unpaired) electrons. The van der Waals surface area contributed by atoms with Crippen molar-refractivity contribution < 1.29 is 4.79 Å². The molecule has 0 aliphatic heterocycles. The molecule has 3 rings (SSSR count). The summed E-state index contributed by atoms with van der Waals surface area (Å²) >= 11 is 1.65. The molecule has 1 saturated carbocycles. The van der Waals surface area contributed by atoms with Crippen LogP contribution >= 0.6 is 11.3 Å². The largest absolute Gasteiger partial charge is 0.390 e. The normalized spacial score (nSPS) is 20.5. The summed E-state index contributed by atoms with van der Waals surface area (Å²) in [5.74, 6) is 0.0670. The molecule has 4 heteroatoms. The van der Waals surface area contributed by atoms with Gasteiger partial charge in [0, 0.05) is 19.0 Å². The Balaban J connectivity index is 1.96. The average Bonchev–Trinajstić information content (AvgIpc) is 2.92. The van der Waals surface area contributed by atoms with Gasteiger partial charge in [-0.15, -0.1) is 11.3 Å². The van der Waals surface area contributed by atoms with Crippen LogP contribution in [-0.4, -0.2) is 24.9 Å². The highest BCUT2D eigenvalue weighted by molar-refractivity contribution is 7.16. The zero-order valence-electron chi connectivity index (χ0n) is 11.8. The number of anilines is 1. The van der Waals surface area contributed by atoms with Crippen LogP contribution in [0.1, 0.15) is 52.9 Å². The standard InChI is InChI=1S/C15H22N2OS/c1-17(2)14(18)12-10-5-8-15(6-3-4-7-15)9-11(10)19-13(12)16/h3-9,16H2,1-2H3. The molecule has 104 valence electrons. The molecule has 1 aromatic rings. The highest BCUT2D eigenvalue weighted by Gasteiger charge is 2.39. The molecule has 2 aliphatic carbocycles. The second-order valence-electron chi connectivity index (χ2n) is 6.33. The zero-order chi connectivity index (χ0) is 13.6. The maximum absolute atomic E-state index is 12.3. The molecule has 2 N–H and O–H groups in total. The first-order valence-corrected chi connectivity index (χ1v) is 7.96. The van der Waals surface area contributed by atoms with Crippen molar-refractivity contribution in [2.24, 2.45) is 5.41 Å². The lowest BCUT2D eigenvalue weighted by Gasteiger charge is -2.33. The predicted molar refractivity (Wildman–Crippen MR) is 79.7 cm³/mol. The molecule has 0 unspecified atom stereocenters. The minimum Gasteiger partial charge on any atom is -0.390 e. The first-order valence-electron chi connectivity index (χ1n) is 7.14. The van der Waals surface area contributed by atoms with E-state index in [9.17, 15) is 4.79 Å². The van der Waals surface area contributed by atoms with Gasteiger partial charge in [0.2, 0.25) is 0 Å². The molecule has 0 saturated heterocycles. The summed E-state index contributed by atoms with van der Waals surface area (Å²) in [4.78, 5) is 15.3. The Morgan fingerprint density at radius 3 is 2.58 bits per heavy atom. The number of amides is 1. The van der Waals surface area contributed by atoms with Crippen LogP contribution in [0.25, 0.3) is 0 Å². The van der Waals surface area contributed by atoms with Crippen LogP contribution in [0, 0.1) is 5.41 Å². The van der Waals surface area contributed by atoms with Crippen LogP contribution in [0.4, 0.5) is 5.00 Å². The Kier molecular flexibility index (Phi) is 3.08. The number of nitrogens with two attached hydrogens (primary N) is 1. The van der Waals surface area contributed by atoms with Crippen molar-refractivity contribution in [1.29, 1.82) is 0 Å². The number of nitrogens with zero attached hydrogens (tertiary/aromatic N) is 1. The third-order valence-corrected chi connectivity index (χ3v) is 5.90. The van der Waals surface area contributed by atoms with E-state index in [0.717, 1.165) is 23.4 Å². The van der Waals surface area contributed by atoms with E-state index >= 15 is 0 Å². The van der Waals surface area contributed by atoms with E-state index in [1.165, 1.54) is 42.5 Å². The quantitative estimate of drug-likeness (QED) is 0.858. The first-order chi connectivity index (χ1) is 9.02.